The van der Waals surface area contributed by atoms with E-state index in [1.807, 2.05) is 0 Å². The van der Waals surface area contributed by atoms with Gasteiger partial charge in [-0.15, -0.1) is 12.0 Å². The minimum absolute atomic E-state index is 0.224. The highest BCUT2D eigenvalue weighted by Crippen LogP contribution is 2.51. The van der Waals surface area contributed by atoms with Crippen LogP contribution >= 0.6 is 0 Å². The van der Waals surface area contributed by atoms with Crippen LogP contribution in [0.3, 0.4) is 0 Å². The first-order valence-electron chi connectivity index (χ1n) is 7.20. The van der Waals surface area contributed by atoms with Crippen LogP contribution in [0.5, 0.6) is 0 Å². The molecule has 102 valence electrons. The van der Waals surface area contributed by atoms with E-state index in [0.717, 1.165) is 17.4 Å². The van der Waals surface area contributed by atoms with Gasteiger partial charge in [-0.2, -0.15) is 5.92 Å². The monoisotopic (exact) mass is 262 g/mol. The zero-order valence-electron chi connectivity index (χ0n) is 12.7. The summed E-state index contributed by atoms with van der Waals surface area (Å²) in [5, 5.41) is 0. The zero-order valence-corrected chi connectivity index (χ0v) is 13.7. The lowest BCUT2D eigenvalue weighted by Gasteiger charge is -2.44. The molecule has 1 saturated carbocycles. The minimum Gasteiger partial charge on any atom is -0.333 e. The zero-order chi connectivity index (χ0) is 13.6. The van der Waals surface area contributed by atoms with E-state index in [1.54, 1.807) is 0 Å². The van der Waals surface area contributed by atoms with Gasteiger partial charge in [-0.25, -0.2) is 0 Å². The van der Waals surface area contributed by atoms with Crippen molar-refractivity contribution in [2.75, 3.05) is 0 Å². The summed E-state index contributed by atoms with van der Waals surface area (Å²) in [6.07, 6.45) is 11.8. The first-order chi connectivity index (χ1) is 8.21. The van der Waals surface area contributed by atoms with Crippen molar-refractivity contribution in [3.05, 3.63) is 30.7 Å². The standard InChI is InChI=1S/C16H28NSi/c1-12-11-13-9-7-8-10-14(13)15(12)18(5,6)17-16(2,3)4/h7-15,17H,1-6H3/q-1. The molecular formula is C16H28NSi-. The van der Waals surface area contributed by atoms with Gasteiger partial charge in [0.05, 0.1) is 0 Å². The predicted molar refractivity (Wildman–Crippen MR) is 82.8 cm³/mol. The molecule has 0 saturated heterocycles. The molecule has 1 N–H and O–H groups in total. The van der Waals surface area contributed by atoms with E-state index in [9.17, 15) is 0 Å². The Balaban J connectivity index is 2.21. The Morgan fingerprint density at radius 2 is 1.72 bits per heavy atom. The van der Waals surface area contributed by atoms with E-state index in [4.69, 9.17) is 0 Å². The first kappa shape index (κ1) is 14.1. The van der Waals surface area contributed by atoms with Gasteiger partial charge in [0.15, 0.2) is 0 Å². The fourth-order valence-electron chi connectivity index (χ4n) is 4.20. The highest BCUT2D eigenvalue weighted by Gasteiger charge is 2.43. The van der Waals surface area contributed by atoms with Crippen LogP contribution in [0, 0.1) is 24.2 Å². The summed E-state index contributed by atoms with van der Waals surface area (Å²) in [4.78, 5) is 3.96. The van der Waals surface area contributed by atoms with Crippen molar-refractivity contribution in [2.24, 2.45) is 17.8 Å². The summed E-state index contributed by atoms with van der Waals surface area (Å²) < 4.78 is 0. The third kappa shape index (κ3) is 2.80. The van der Waals surface area contributed by atoms with E-state index in [-0.39, 0.29) is 5.54 Å². The molecule has 2 rings (SSSR count). The van der Waals surface area contributed by atoms with Gasteiger partial charge in [-0.05, 0) is 26.7 Å². The summed E-state index contributed by atoms with van der Waals surface area (Å²) in [6.45, 7) is 14.3. The van der Waals surface area contributed by atoms with Gasteiger partial charge in [0, 0.05) is 5.54 Å². The molecule has 0 amide bonds. The second kappa shape index (κ2) is 4.64. The van der Waals surface area contributed by atoms with Crippen molar-refractivity contribution >= 4 is 8.24 Å². The van der Waals surface area contributed by atoms with Gasteiger partial charge in [0.25, 0.3) is 0 Å². The van der Waals surface area contributed by atoms with Crippen molar-refractivity contribution in [3.63, 3.8) is 0 Å². The lowest BCUT2D eigenvalue weighted by Crippen LogP contribution is -2.58. The fraction of sp³-hybridized carbons (Fsp3) is 0.688. The smallest absolute Gasteiger partial charge is 0.121 e. The third-order valence-corrected chi connectivity index (χ3v) is 8.23. The molecule has 4 unspecified atom stereocenters. The molecule has 1 nitrogen and oxygen atoms in total. The summed E-state index contributed by atoms with van der Waals surface area (Å²) in [5.74, 6) is 2.12. The van der Waals surface area contributed by atoms with E-state index >= 15 is 0 Å². The maximum absolute atomic E-state index is 3.96. The fourth-order valence-corrected chi connectivity index (χ4v) is 9.02. The molecular weight excluding hydrogens is 234 g/mol. The predicted octanol–water partition coefficient (Wildman–Crippen LogP) is 4.16. The molecule has 2 aliphatic rings. The Hall–Kier alpha value is -0.343. The normalized spacial score (nSPS) is 35.9. The minimum atomic E-state index is -1.44. The highest BCUT2D eigenvalue weighted by atomic mass is 28.3. The molecule has 1 fully saturated rings. The highest BCUT2D eigenvalue weighted by molar-refractivity contribution is 6.76. The Labute approximate surface area is 114 Å². The topological polar surface area (TPSA) is 12.0 Å². The average molecular weight is 262 g/mol. The molecule has 2 heteroatoms. The Morgan fingerprint density at radius 3 is 2.33 bits per heavy atom. The van der Waals surface area contributed by atoms with Crippen molar-refractivity contribution in [2.45, 2.75) is 51.9 Å². The number of hydrogen-bond donors (Lipinski definition) is 1. The molecule has 0 aliphatic heterocycles. The molecule has 0 bridgehead atoms. The van der Waals surface area contributed by atoms with E-state index < -0.39 is 8.24 Å². The molecule has 0 heterocycles. The Kier molecular flexibility index (Phi) is 3.63. The lowest BCUT2D eigenvalue weighted by atomic mass is 9.92. The van der Waals surface area contributed by atoms with Crippen LogP contribution in [0.2, 0.25) is 18.6 Å². The van der Waals surface area contributed by atoms with Gasteiger partial charge < -0.3 is 11.4 Å². The third-order valence-electron chi connectivity index (χ3n) is 4.26. The van der Waals surface area contributed by atoms with Crippen molar-refractivity contribution in [1.29, 1.82) is 0 Å². The van der Waals surface area contributed by atoms with Crippen molar-refractivity contribution < 1.29 is 0 Å². The van der Waals surface area contributed by atoms with Gasteiger partial charge in [-0.1, -0.05) is 43.8 Å². The molecule has 4 atom stereocenters. The number of nitrogens with one attached hydrogen (secondary N) is 1. The number of hydrogen-bond acceptors (Lipinski definition) is 1. The molecule has 18 heavy (non-hydrogen) atoms. The summed E-state index contributed by atoms with van der Waals surface area (Å²) in [5.41, 5.74) is 1.03. The van der Waals surface area contributed by atoms with Gasteiger partial charge in [0.1, 0.15) is 8.24 Å². The van der Waals surface area contributed by atoms with Gasteiger partial charge in [0.2, 0.25) is 0 Å². The molecule has 0 aromatic carbocycles. The summed E-state index contributed by atoms with van der Waals surface area (Å²) >= 11 is 0. The SMILES string of the molecule is CC1[CH-]C2C=CC=CC2C1[Si](C)(C)NC(C)(C)C. The first-order valence-corrected chi connectivity index (χ1v) is 10.3. The molecule has 0 aromatic rings. The maximum Gasteiger partial charge on any atom is 0.121 e. The average Bonchev–Trinajstić information content (AvgIpc) is 2.49. The van der Waals surface area contributed by atoms with Gasteiger partial charge in [-0.3, -0.25) is 0 Å². The van der Waals surface area contributed by atoms with Crippen LogP contribution in [0.25, 0.3) is 0 Å². The number of fused-ring (bicyclic) bond motifs is 1. The van der Waals surface area contributed by atoms with Crippen LogP contribution in [0.15, 0.2) is 24.3 Å². The second-order valence-corrected chi connectivity index (χ2v) is 12.0. The van der Waals surface area contributed by atoms with Crippen LogP contribution in [-0.2, 0) is 0 Å². The largest absolute Gasteiger partial charge is 0.333 e. The van der Waals surface area contributed by atoms with Crippen LogP contribution in [0.1, 0.15) is 27.7 Å². The van der Waals surface area contributed by atoms with Crippen LogP contribution in [-0.4, -0.2) is 13.8 Å². The number of rotatable bonds is 2. The van der Waals surface area contributed by atoms with E-state index in [2.05, 4.69) is 76.5 Å². The molecule has 2 aliphatic carbocycles. The Bertz CT molecular complexity index is 362. The lowest BCUT2D eigenvalue weighted by molar-refractivity contribution is 0.476. The van der Waals surface area contributed by atoms with Crippen LogP contribution < -0.4 is 4.98 Å². The van der Waals surface area contributed by atoms with Gasteiger partial charge >= 0.3 is 0 Å². The van der Waals surface area contributed by atoms with Crippen molar-refractivity contribution in [1.82, 2.24) is 4.98 Å². The maximum atomic E-state index is 3.96. The molecule has 0 spiro atoms. The van der Waals surface area contributed by atoms with E-state index in [0.29, 0.717) is 5.92 Å². The second-order valence-electron chi connectivity index (χ2n) is 7.60. The molecule has 0 radical (unpaired) electrons. The number of allylic oxidation sites excluding steroid dienone is 4. The quantitative estimate of drug-likeness (QED) is 0.582. The van der Waals surface area contributed by atoms with Crippen molar-refractivity contribution in [3.8, 4) is 0 Å². The Morgan fingerprint density at radius 1 is 1.11 bits per heavy atom. The van der Waals surface area contributed by atoms with Crippen LogP contribution in [0.4, 0.5) is 0 Å². The molecule has 0 aromatic heterocycles. The summed E-state index contributed by atoms with van der Waals surface area (Å²) in [7, 11) is -1.44. The summed E-state index contributed by atoms with van der Waals surface area (Å²) in [6, 6.07) is 0. The van der Waals surface area contributed by atoms with E-state index in [1.165, 1.54) is 0 Å².